The maximum atomic E-state index is 12.3. The fourth-order valence-corrected chi connectivity index (χ4v) is 3.73. The van der Waals surface area contributed by atoms with Gasteiger partial charge in [-0.15, -0.1) is 0 Å². The Hall–Kier alpha value is -2.13. The van der Waals surface area contributed by atoms with Gasteiger partial charge in [-0.2, -0.15) is 0 Å². The maximum Gasteiger partial charge on any atom is 0.342 e. The molecule has 0 spiro atoms. The largest absolute Gasteiger partial charge is 0.496 e. The van der Waals surface area contributed by atoms with Crippen molar-refractivity contribution in [2.75, 3.05) is 26.8 Å². The van der Waals surface area contributed by atoms with Crippen LogP contribution < -0.4 is 9.88 Å². The fraction of sp³-hybridized carbons (Fsp3) is 0.529. The summed E-state index contributed by atoms with van der Waals surface area (Å²) in [5, 5.41) is 5.08. The third-order valence-electron chi connectivity index (χ3n) is 4.27. The number of carbonyl (C=O) groups excluding carboxylic acids is 2. The third-order valence-corrected chi connectivity index (χ3v) is 5.18. The van der Waals surface area contributed by atoms with Crippen molar-refractivity contribution in [2.24, 2.45) is 17.0 Å². The van der Waals surface area contributed by atoms with Crippen molar-refractivity contribution in [3.8, 4) is 5.75 Å². The van der Waals surface area contributed by atoms with E-state index in [2.05, 4.69) is 13.8 Å². The molecule has 8 nitrogen and oxygen atoms in total. The van der Waals surface area contributed by atoms with Gasteiger partial charge in [-0.05, 0) is 36.5 Å². The average molecular weight is 384 g/mol. The standard InChI is InChI=1S/C17H24N2O6S/c1-11-6-12(2)9-19(8-11)16(20)10-25-17(21)14-7-13(26(18,22)23)4-5-15(14)24-3/h4-5,7,11-12H,6,8-10H2,1-3H3,(H2,18,22,23)/t11-,12-/m1/s1. The molecule has 1 heterocycles. The number of amides is 1. The number of benzene rings is 1. The molecule has 1 aliphatic rings. The lowest BCUT2D eigenvalue weighted by atomic mass is 9.92. The van der Waals surface area contributed by atoms with Gasteiger partial charge in [-0.3, -0.25) is 4.79 Å². The lowest BCUT2D eigenvalue weighted by Crippen LogP contribution is -2.44. The first kappa shape index (κ1) is 20.2. The first-order valence-electron chi connectivity index (χ1n) is 8.27. The van der Waals surface area contributed by atoms with E-state index in [9.17, 15) is 18.0 Å². The number of ether oxygens (including phenoxy) is 2. The molecule has 0 saturated carbocycles. The summed E-state index contributed by atoms with van der Waals surface area (Å²) in [7, 11) is -2.65. The molecule has 144 valence electrons. The Morgan fingerprint density at radius 3 is 2.38 bits per heavy atom. The normalized spacial score (nSPS) is 20.5. The van der Waals surface area contributed by atoms with Gasteiger partial charge in [0, 0.05) is 13.1 Å². The van der Waals surface area contributed by atoms with Crippen molar-refractivity contribution in [3.05, 3.63) is 23.8 Å². The van der Waals surface area contributed by atoms with E-state index in [1.54, 1.807) is 4.90 Å². The Bertz CT molecular complexity index is 782. The van der Waals surface area contributed by atoms with E-state index in [4.69, 9.17) is 14.6 Å². The van der Waals surface area contributed by atoms with Gasteiger partial charge in [0.2, 0.25) is 10.0 Å². The molecule has 0 aromatic heterocycles. The number of piperidine rings is 1. The van der Waals surface area contributed by atoms with Crippen LogP contribution in [-0.4, -0.2) is 52.0 Å². The average Bonchev–Trinajstić information content (AvgIpc) is 2.57. The molecule has 0 radical (unpaired) electrons. The Balaban J connectivity index is 2.08. The molecule has 1 aromatic carbocycles. The quantitative estimate of drug-likeness (QED) is 0.757. The van der Waals surface area contributed by atoms with Crippen molar-refractivity contribution < 1.29 is 27.5 Å². The molecule has 1 fully saturated rings. The van der Waals surface area contributed by atoms with Crippen LogP contribution in [0.3, 0.4) is 0 Å². The monoisotopic (exact) mass is 384 g/mol. The molecule has 2 atom stereocenters. The van der Waals surface area contributed by atoms with Gasteiger partial charge in [-0.1, -0.05) is 13.8 Å². The summed E-state index contributed by atoms with van der Waals surface area (Å²) in [6.45, 7) is 4.99. The lowest BCUT2D eigenvalue weighted by Gasteiger charge is -2.34. The zero-order valence-electron chi connectivity index (χ0n) is 15.1. The number of primary sulfonamides is 1. The van der Waals surface area contributed by atoms with E-state index in [0.29, 0.717) is 24.9 Å². The highest BCUT2D eigenvalue weighted by Gasteiger charge is 2.26. The zero-order valence-corrected chi connectivity index (χ0v) is 15.9. The van der Waals surface area contributed by atoms with Gasteiger partial charge in [-0.25, -0.2) is 18.4 Å². The molecule has 1 amide bonds. The molecule has 0 bridgehead atoms. The first-order chi connectivity index (χ1) is 12.1. The highest BCUT2D eigenvalue weighted by molar-refractivity contribution is 7.89. The topological polar surface area (TPSA) is 116 Å². The molecule has 0 aliphatic carbocycles. The van der Waals surface area contributed by atoms with E-state index >= 15 is 0 Å². The van der Waals surface area contributed by atoms with Crippen LogP contribution in [0.15, 0.2) is 23.1 Å². The number of hydrogen-bond donors (Lipinski definition) is 1. The predicted molar refractivity (Wildman–Crippen MR) is 94.2 cm³/mol. The van der Waals surface area contributed by atoms with E-state index < -0.39 is 22.6 Å². The van der Waals surface area contributed by atoms with Gasteiger partial charge < -0.3 is 14.4 Å². The third kappa shape index (κ3) is 4.95. The molecular formula is C17H24N2O6S. The second kappa shape index (κ2) is 8.05. The van der Waals surface area contributed by atoms with Gasteiger partial charge in [0.25, 0.3) is 5.91 Å². The number of esters is 1. The minimum Gasteiger partial charge on any atom is -0.496 e. The summed E-state index contributed by atoms with van der Waals surface area (Å²) in [5.41, 5.74) is -0.104. The summed E-state index contributed by atoms with van der Waals surface area (Å²) >= 11 is 0. The maximum absolute atomic E-state index is 12.3. The molecule has 1 aromatic rings. The molecular weight excluding hydrogens is 360 g/mol. The van der Waals surface area contributed by atoms with E-state index in [1.807, 2.05) is 0 Å². The van der Waals surface area contributed by atoms with Gasteiger partial charge in [0.1, 0.15) is 11.3 Å². The van der Waals surface area contributed by atoms with E-state index in [0.717, 1.165) is 12.5 Å². The number of likely N-dealkylation sites (tertiary alicyclic amines) is 1. The number of sulfonamides is 1. The Kier molecular flexibility index (Phi) is 6.25. The highest BCUT2D eigenvalue weighted by atomic mass is 32.2. The van der Waals surface area contributed by atoms with Gasteiger partial charge in [0.05, 0.1) is 12.0 Å². The number of nitrogens with two attached hydrogens (primary N) is 1. The molecule has 0 unspecified atom stereocenters. The number of nitrogens with zero attached hydrogens (tertiary/aromatic N) is 1. The SMILES string of the molecule is COc1ccc(S(N)(=O)=O)cc1C(=O)OCC(=O)N1C[C@H](C)C[C@@H](C)C1. The molecule has 1 aliphatic heterocycles. The van der Waals surface area contributed by atoms with Crippen LogP contribution in [0.1, 0.15) is 30.6 Å². The van der Waals surface area contributed by atoms with Crippen molar-refractivity contribution in [2.45, 2.75) is 25.2 Å². The van der Waals surface area contributed by atoms with Crippen molar-refractivity contribution in [1.29, 1.82) is 0 Å². The number of rotatable bonds is 5. The second-order valence-corrected chi connectivity index (χ2v) is 8.29. The smallest absolute Gasteiger partial charge is 0.342 e. The fourth-order valence-electron chi connectivity index (χ4n) is 3.19. The summed E-state index contributed by atoms with van der Waals surface area (Å²) in [5.74, 6) is -0.206. The van der Waals surface area contributed by atoms with Gasteiger partial charge >= 0.3 is 5.97 Å². The van der Waals surface area contributed by atoms with Crippen molar-refractivity contribution in [1.82, 2.24) is 4.90 Å². The van der Waals surface area contributed by atoms with Crippen LogP contribution in [0.25, 0.3) is 0 Å². The highest BCUT2D eigenvalue weighted by Crippen LogP contribution is 2.23. The molecule has 9 heteroatoms. The molecule has 2 rings (SSSR count). The number of methoxy groups -OCH3 is 1. The van der Waals surface area contributed by atoms with Crippen LogP contribution >= 0.6 is 0 Å². The van der Waals surface area contributed by atoms with Crippen LogP contribution in [0, 0.1) is 11.8 Å². The van der Waals surface area contributed by atoms with Gasteiger partial charge in [0.15, 0.2) is 6.61 Å². The molecule has 1 saturated heterocycles. The first-order valence-corrected chi connectivity index (χ1v) is 9.82. The molecule has 2 N–H and O–H groups in total. The van der Waals surface area contributed by atoms with E-state index in [1.165, 1.54) is 19.2 Å². The van der Waals surface area contributed by atoms with Crippen LogP contribution in [0.4, 0.5) is 0 Å². The Morgan fingerprint density at radius 1 is 1.23 bits per heavy atom. The lowest BCUT2D eigenvalue weighted by molar-refractivity contribution is -0.137. The van der Waals surface area contributed by atoms with Crippen LogP contribution in [0.5, 0.6) is 5.75 Å². The van der Waals surface area contributed by atoms with Crippen molar-refractivity contribution >= 4 is 21.9 Å². The minimum atomic E-state index is -3.98. The predicted octanol–water partition coefficient (Wildman–Crippen LogP) is 1.00. The zero-order chi connectivity index (χ0) is 19.5. The van der Waals surface area contributed by atoms with E-state index in [-0.39, 0.29) is 22.1 Å². The summed E-state index contributed by atoms with van der Waals surface area (Å²) in [6.07, 6.45) is 1.06. The molecule has 26 heavy (non-hydrogen) atoms. The number of hydrogen-bond acceptors (Lipinski definition) is 6. The Labute approximate surface area is 153 Å². The van der Waals surface area contributed by atoms with Crippen LogP contribution in [-0.2, 0) is 19.6 Å². The number of carbonyl (C=O) groups is 2. The van der Waals surface area contributed by atoms with Crippen molar-refractivity contribution in [3.63, 3.8) is 0 Å². The van der Waals surface area contributed by atoms with Crippen LogP contribution in [0.2, 0.25) is 0 Å². The Morgan fingerprint density at radius 2 is 1.85 bits per heavy atom. The summed E-state index contributed by atoms with van der Waals surface area (Å²) < 4.78 is 33.1. The summed E-state index contributed by atoms with van der Waals surface area (Å²) in [4.78, 5) is 26.1. The summed E-state index contributed by atoms with van der Waals surface area (Å²) in [6, 6.07) is 3.62. The minimum absolute atomic E-state index is 0.104. The second-order valence-electron chi connectivity index (χ2n) is 6.73.